The Kier molecular flexibility index (Phi) is 4.07. The Morgan fingerprint density at radius 3 is 2.50 bits per heavy atom. The van der Waals surface area contributed by atoms with Gasteiger partial charge in [-0.3, -0.25) is 0 Å². The molecule has 0 unspecified atom stereocenters. The Morgan fingerprint density at radius 2 is 1.89 bits per heavy atom. The van der Waals surface area contributed by atoms with E-state index in [0.717, 1.165) is 12.8 Å². The quantitative estimate of drug-likeness (QED) is 0.638. The van der Waals surface area contributed by atoms with Crippen LogP contribution in [0.4, 0.5) is 5.69 Å². The van der Waals surface area contributed by atoms with Crippen LogP contribution < -0.4 is 10.5 Å². The van der Waals surface area contributed by atoms with Crippen molar-refractivity contribution in [1.82, 2.24) is 0 Å². The molecule has 1 saturated carbocycles. The fourth-order valence-electron chi connectivity index (χ4n) is 2.31. The molecule has 1 aromatic carbocycles. The third-order valence-electron chi connectivity index (χ3n) is 3.36. The second-order valence-electron chi connectivity index (χ2n) is 4.79. The summed E-state index contributed by atoms with van der Waals surface area (Å²) in [7, 11) is 0. The molecule has 0 spiro atoms. The van der Waals surface area contributed by atoms with Crippen molar-refractivity contribution in [2.45, 2.75) is 44.6 Å². The first-order chi connectivity index (χ1) is 8.66. The monoisotopic (exact) mass is 249 g/mol. The van der Waals surface area contributed by atoms with Crippen LogP contribution in [0.2, 0.25) is 0 Å². The lowest BCUT2D eigenvalue weighted by Crippen LogP contribution is -2.16. The molecule has 0 aromatic heterocycles. The van der Waals surface area contributed by atoms with Crippen molar-refractivity contribution in [3.8, 4) is 5.75 Å². The maximum Gasteiger partial charge on any atom is 0.335 e. The summed E-state index contributed by atoms with van der Waals surface area (Å²) in [6, 6.07) is 4.61. The number of benzene rings is 1. The van der Waals surface area contributed by atoms with E-state index >= 15 is 0 Å². The Balaban J connectivity index is 2.11. The van der Waals surface area contributed by atoms with Crippen LogP contribution in [-0.4, -0.2) is 17.2 Å². The highest BCUT2D eigenvalue weighted by atomic mass is 16.5. The molecule has 0 bridgehead atoms. The molecule has 1 aliphatic carbocycles. The van der Waals surface area contributed by atoms with Crippen LogP contribution in [0.3, 0.4) is 0 Å². The zero-order chi connectivity index (χ0) is 13.0. The van der Waals surface area contributed by atoms with E-state index in [-0.39, 0.29) is 11.7 Å². The summed E-state index contributed by atoms with van der Waals surface area (Å²) in [6.07, 6.45) is 7.06. The lowest BCUT2D eigenvalue weighted by molar-refractivity contribution is 0.0696. The molecule has 0 heterocycles. The van der Waals surface area contributed by atoms with Crippen molar-refractivity contribution >= 4 is 11.7 Å². The van der Waals surface area contributed by atoms with Crippen LogP contribution in [0, 0.1) is 0 Å². The summed E-state index contributed by atoms with van der Waals surface area (Å²) in [4.78, 5) is 10.9. The summed E-state index contributed by atoms with van der Waals surface area (Å²) in [6.45, 7) is 0. The SMILES string of the molecule is Nc1ccc(C(=O)O)cc1OC1CCCCCC1. The van der Waals surface area contributed by atoms with E-state index in [1.165, 1.54) is 37.8 Å². The van der Waals surface area contributed by atoms with E-state index in [1.54, 1.807) is 6.07 Å². The van der Waals surface area contributed by atoms with Crippen molar-refractivity contribution < 1.29 is 14.6 Å². The van der Waals surface area contributed by atoms with Gasteiger partial charge in [-0.15, -0.1) is 0 Å². The molecule has 18 heavy (non-hydrogen) atoms. The molecular weight excluding hydrogens is 230 g/mol. The van der Waals surface area contributed by atoms with Gasteiger partial charge in [-0.1, -0.05) is 12.8 Å². The number of aromatic carboxylic acids is 1. The van der Waals surface area contributed by atoms with Gasteiger partial charge in [0.05, 0.1) is 17.4 Å². The predicted octanol–water partition coefficient (Wildman–Crippen LogP) is 3.07. The van der Waals surface area contributed by atoms with Crippen LogP contribution in [-0.2, 0) is 0 Å². The highest BCUT2D eigenvalue weighted by Crippen LogP contribution is 2.28. The number of hydrogen-bond donors (Lipinski definition) is 2. The van der Waals surface area contributed by atoms with Gasteiger partial charge < -0.3 is 15.6 Å². The van der Waals surface area contributed by atoms with Gasteiger partial charge in [-0.25, -0.2) is 4.79 Å². The van der Waals surface area contributed by atoms with Crippen LogP contribution in [0.15, 0.2) is 18.2 Å². The Hall–Kier alpha value is -1.71. The smallest absolute Gasteiger partial charge is 0.335 e. The zero-order valence-electron chi connectivity index (χ0n) is 10.4. The van der Waals surface area contributed by atoms with Crippen molar-refractivity contribution in [3.63, 3.8) is 0 Å². The number of carboxylic acids is 1. The largest absolute Gasteiger partial charge is 0.488 e. The zero-order valence-corrected chi connectivity index (χ0v) is 10.4. The van der Waals surface area contributed by atoms with Crippen LogP contribution in [0.25, 0.3) is 0 Å². The molecule has 0 saturated heterocycles. The summed E-state index contributed by atoms with van der Waals surface area (Å²) >= 11 is 0. The summed E-state index contributed by atoms with van der Waals surface area (Å²) < 4.78 is 5.87. The predicted molar refractivity (Wildman–Crippen MR) is 69.9 cm³/mol. The van der Waals surface area contributed by atoms with Gasteiger partial charge in [0.2, 0.25) is 0 Å². The second kappa shape index (κ2) is 5.76. The summed E-state index contributed by atoms with van der Waals surface area (Å²) in [5.74, 6) is -0.456. The molecule has 1 aliphatic rings. The normalized spacial score (nSPS) is 17.1. The molecule has 0 amide bonds. The highest BCUT2D eigenvalue weighted by molar-refractivity contribution is 5.89. The molecule has 1 aromatic rings. The average Bonchev–Trinajstić information content (AvgIpc) is 2.60. The molecule has 4 nitrogen and oxygen atoms in total. The minimum absolute atomic E-state index is 0.166. The maximum atomic E-state index is 10.9. The second-order valence-corrected chi connectivity index (χ2v) is 4.79. The fourth-order valence-corrected chi connectivity index (χ4v) is 2.31. The third kappa shape index (κ3) is 3.15. The standard InChI is InChI=1S/C14H19NO3/c15-12-8-7-10(14(16)17)9-13(12)18-11-5-3-1-2-4-6-11/h7-9,11H,1-6,15H2,(H,16,17). The summed E-state index contributed by atoms with van der Waals surface area (Å²) in [5.41, 5.74) is 6.55. The molecular formula is C14H19NO3. The van der Waals surface area contributed by atoms with Gasteiger partial charge in [0.25, 0.3) is 0 Å². The molecule has 0 radical (unpaired) electrons. The van der Waals surface area contributed by atoms with Gasteiger partial charge in [0.15, 0.2) is 0 Å². The molecule has 2 rings (SSSR count). The van der Waals surface area contributed by atoms with Crippen LogP contribution in [0.5, 0.6) is 5.75 Å². The van der Waals surface area contributed by atoms with Crippen molar-refractivity contribution in [2.75, 3.05) is 5.73 Å². The van der Waals surface area contributed by atoms with E-state index in [1.807, 2.05) is 0 Å². The number of carbonyl (C=O) groups is 1. The first kappa shape index (κ1) is 12.7. The number of hydrogen-bond acceptors (Lipinski definition) is 3. The minimum atomic E-state index is -0.958. The van der Waals surface area contributed by atoms with Crippen molar-refractivity contribution in [2.24, 2.45) is 0 Å². The van der Waals surface area contributed by atoms with E-state index in [9.17, 15) is 4.79 Å². The van der Waals surface area contributed by atoms with E-state index in [2.05, 4.69) is 0 Å². The minimum Gasteiger partial charge on any atom is -0.488 e. The van der Waals surface area contributed by atoms with Crippen molar-refractivity contribution in [1.29, 1.82) is 0 Å². The Bertz CT molecular complexity index is 423. The van der Waals surface area contributed by atoms with Gasteiger partial charge >= 0.3 is 5.97 Å². The van der Waals surface area contributed by atoms with Crippen molar-refractivity contribution in [3.05, 3.63) is 23.8 Å². The van der Waals surface area contributed by atoms with Gasteiger partial charge in [0.1, 0.15) is 5.75 Å². The number of ether oxygens (including phenoxy) is 1. The van der Waals surface area contributed by atoms with Crippen LogP contribution in [0.1, 0.15) is 48.9 Å². The first-order valence-corrected chi connectivity index (χ1v) is 6.46. The Labute approximate surface area is 107 Å². The lowest BCUT2D eigenvalue weighted by Gasteiger charge is -2.18. The molecule has 0 atom stereocenters. The van der Waals surface area contributed by atoms with Crippen LogP contribution >= 0.6 is 0 Å². The molecule has 98 valence electrons. The van der Waals surface area contributed by atoms with Gasteiger partial charge in [-0.05, 0) is 43.9 Å². The first-order valence-electron chi connectivity index (χ1n) is 6.46. The molecule has 4 heteroatoms. The topological polar surface area (TPSA) is 72.6 Å². The summed E-state index contributed by atoms with van der Waals surface area (Å²) in [5, 5.41) is 8.95. The van der Waals surface area contributed by atoms with Gasteiger partial charge in [0, 0.05) is 0 Å². The number of anilines is 1. The van der Waals surface area contributed by atoms with E-state index < -0.39 is 5.97 Å². The fraction of sp³-hybridized carbons (Fsp3) is 0.500. The van der Waals surface area contributed by atoms with Gasteiger partial charge in [-0.2, -0.15) is 0 Å². The number of rotatable bonds is 3. The highest BCUT2D eigenvalue weighted by Gasteiger charge is 2.16. The number of carboxylic acid groups (broad SMARTS) is 1. The number of nitrogen functional groups attached to an aromatic ring is 1. The third-order valence-corrected chi connectivity index (χ3v) is 3.36. The molecule has 0 aliphatic heterocycles. The lowest BCUT2D eigenvalue weighted by atomic mass is 10.1. The van der Waals surface area contributed by atoms with E-state index in [0.29, 0.717) is 11.4 Å². The molecule has 1 fully saturated rings. The Morgan fingerprint density at radius 1 is 1.22 bits per heavy atom. The average molecular weight is 249 g/mol. The number of nitrogens with two attached hydrogens (primary N) is 1. The molecule has 3 N–H and O–H groups in total. The van der Waals surface area contributed by atoms with E-state index in [4.69, 9.17) is 15.6 Å². The maximum absolute atomic E-state index is 10.9.